The number of piperidine rings is 1. The van der Waals surface area contributed by atoms with Crippen LogP contribution in [-0.2, 0) is 28.6 Å². The van der Waals surface area contributed by atoms with Crippen LogP contribution in [0.3, 0.4) is 0 Å². The average molecular weight is 833 g/mol. The number of ether oxygens (including phenoxy) is 4. The van der Waals surface area contributed by atoms with Crippen molar-refractivity contribution < 1.29 is 58.6 Å². The molecule has 5 N–H and O–H groups in total. The number of ketones is 1. The van der Waals surface area contributed by atoms with Gasteiger partial charge in [-0.3, -0.25) is 29.2 Å². The zero-order valence-corrected chi connectivity index (χ0v) is 35.7. The van der Waals surface area contributed by atoms with Crippen LogP contribution in [0.15, 0.2) is 46.1 Å². The topological polar surface area (TPSA) is 226 Å². The van der Waals surface area contributed by atoms with E-state index in [1.807, 2.05) is 0 Å². The Balaban J connectivity index is 1.55. The summed E-state index contributed by atoms with van der Waals surface area (Å²) in [6, 6.07) is 0. The Morgan fingerprint density at radius 1 is 0.917 bits per heavy atom. The van der Waals surface area contributed by atoms with Gasteiger partial charge in [0.15, 0.2) is 11.4 Å². The summed E-state index contributed by atoms with van der Waals surface area (Å²) in [5.41, 5.74) is -0.931. The predicted octanol–water partition coefficient (Wildman–Crippen LogP) is 3.64. The molecule has 0 aliphatic carbocycles. The number of hydrogen-bond donors (Lipinski definition) is 5. The molecule has 6 rings (SSSR count). The highest BCUT2D eigenvalue weighted by molar-refractivity contribution is 6.19. The maximum atomic E-state index is 14.7. The first-order valence-corrected chi connectivity index (χ1v) is 20.3. The molecule has 0 unspecified atom stereocenters. The minimum Gasteiger partial charge on any atom is -0.507 e. The lowest BCUT2D eigenvalue weighted by Gasteiger charge is -2.38. The molecule has 16 nitrogen and oxygen atoms in total. The molecule has 1 saturated heterocycles. The number of phenols is 2. The SMILES string of the molecule is CO[C@H]1/C=C/O[C@@]2(C)Oc3c(C)c(O)c4c(O)c(c5c(c4c3C2=O)=NC2(CCN(C(C)=O)CC2)N=5)NC(=O)/C(C)=C\C=C\[C@H](C)[C@H](O)[C@@H](C)[C@@H](O)[C@@H](C)[C@H](OC(C)=O)[C@@H]1C. The van der Waals surface area contributed by atoms with Crippen molar-refractivity contribution in [2.45, 2.75) is 111 Å². The number of anilines is 1. The quantitative estimate of drug-likeness (QED) is 0.216. The first-order valence-electron chi connectivity index (χ1n) is 20.3. The summed E-state index contributed by atoms with van der Waals surface area (Å²) >= 11 is 0. The van der Waals surface area contributed by atoms with Crippen molar-refractivity contribution in [3.8, 4) is 17.2 Å². The second kappa shape index (κ2) is 16.6. The van der Waals surface area contributed by atoms with E-state index in [4.69, 9.17) is 28.9 Å². The summed E-state index contributed by atoms with van der Waals surface area (Å²) in [6.45, 7) is 14.9. The normalized spacial score (nSPS) is 32.5. The van der Waals surface area contributed by atoms with Crippen molar-refractivity contribution in [1.82, 2.24) is 4.90 Å². The van der Waals surface area contributed by atoms with Gasteiger partial charge in [-0.05, 0) is 19.9 Å². The Morgan fingerprint density at radius 2 is 1.57 bits per heavy atom. The third-order valence-electron chi connectivity index (χ3n) is 12.6. The van der Waals surface area contributed by atoms with Gasteiger partial charge in [-0.15, -0.1) is 0 Å². The number of allylic oxidation sites excluding steroid dienone is 2. The summed E-state index contributed by atoms with van der Waals surface area (Å²) in [5, 5.41) is 49.6. The van der Waals surface area contributed by atoms with Gasteiger partial charge in [0.1, 0.15) is 28.6 Å². The highest BCUT2D eigenvalue weighted by Crippen LogP contribution is 2.50. The maximum absolute atomic E-state index is 14.7. The molecule has 2 aromatic carbocycles. The van der Waals surface area contributed by atoms with Crippen LogP contribution in [0.25, 0.3) is 10.8 Å². The number of carbonyl (C=O) groups is 4. The van der Waals surface area contributed by atoms with E-state index >= 15 is 0 Å². The average Bonchev–Trinajstić information content (AvgIpc) is 3.70. The zero-order chi connectivity index (χ0) is 44.2. The highest BCUT2D eigenvalue weighted by atomic mass is 16.7. The standard InChI is InChI=1S/C44H56N4O12/c1-20-12-11-13-21(2)42(56)45-34-33-32(46-44(47-33)15-17-48(18-16-44)26(7)49)29-30(38(34)54)37(53)25(6)40-31(29)41(55)43(9,60-40)58-19-14-28(57-10)22(3)39(59-27(8)50)24(5)36(52)23(4)35(20)51/h11-14,19-20,22-24,28,35-36,39,51-54H,15-18H2,1-10H3,(H,45,56)/b12-11+,19-14+,21-13-/t20-,22+,23+,24+,28-,35-,36+,39+,43-/m0/s1. The Labute approximate surface area is 348 Å². The molecule has 1 fully saturated rings. The number of likely N-dealkylation sites (tertiary alicyclic amines) is 1. The Hall–Kier alpha value is -5.32. The highest BCUT2D eigenvalue weighted by Gasteiger charge is 2.50. The Morgan fingerprint density at radius 3 is 2.18 bits per heavy atom. The second-order valence-corrected chi connectivity index (χ2v) is 16.8. The number of phenolic OH excluding ortho intramolecular Hbond substituents is 2. The number of fused-ring (bicyclic) bond motifs is 1. The molecule has 0 saturated carbocycles. The third kappa shape index (κ3) is 7.76. The molecule has 60 heavy (non-hydrogen) atoms. The molecule has 2 amide bonds. The molecule has 9 atom stereocenters. The molecule has 0 aromatic heterocycles. The minimum atomic E-state index is -1.99. The van der Waals surface area contributed by atoms with Gasteiger partial charge < -0.3 is 49.6 Å². The van der Waals surface area contributed by atoms with E-state index in [2.05, 4.69) is 5.32 Å². The largest absolute Gasteiger partial charge is 0.507 e. The maximum Gasteiger partial charge on any atom is 0.312 e. The zero-order valence-electron chi connectivity index (χ0n) is 35.7. The van der Waals surface area contributed by atoms with Crippen molar-refractivity contribution in [2.24, 2.45) is 33.7 Å². The van der Waals surface area contributed by atoms with Crippen molar-refractivity contribution in [1.29, 1.82) is 0 Å². The van der Waals surface area contributed by atoms with Crippen LogP contribution in [-0.4, -0.2) is 105 Å². The lowest BCUT2D eigenvalue weighted by atomic mass is 9.78. The number of nitrogens with zero attached hydrogens (tertiary/aromatic N) is 3. The van der Waals surface area contributed by atoms with Crippen LogP contribution in [0, 0.1) is 30.6 Å². The molecule has 1 spiro atoms. The van der Waals surface area contributed by atoms with Gasteiger partial charge in [-0.25, -0.2) is 0 Å². The van der Waals surface area contributed by atoms with Gasteiger partial charge >= 0.3 is 11.8 Å². The van der Waals surface area contributed by atoms with Gasteiger partial charge in [0.05, 0.1) is 40.9 Å². The van der Waals surface area contributed by atoms with E-state index < -0.39 is 88.7 Å². The molecule has 2 aromatic rings. The third-order valence-corrected chi connectivity index (χ3v) is 12.6. The van der Waals surface area contributed by atoms with Gasteiger partial charge in [-0.1, -0.05) is 45.9 Å². The number of aliphatic hydroxyl groups is 2. The molecule has 4 aliphatic rings. The second-order valence-electron chi connectivity index (χ2n) is 16.8. The van der Waals surface area contributed by atoms with Crippen molar-refractivity contribution in [2.75, 3.05) is 25.5 Å². The van der Waals surface area contributed by atoms with Gasteiger partial charge in [0.25, 0.3) is 11.7 Å². The van der Waals surface area contributed by atoms with Crippen molar-refractivity contribution in [3.63, 3.8) is 0 Å². The van der Waals surface area contributed by atoms with E-state index in [1.165, 1.54) is 53.2 Å². The number of benzene rings is 2. The molecule has 4 bridgehead atoms. The van der Waals surface area contributed by atoms with E-state index in [-0.39, 0.29) is 55.5 Å². The van der Waals surface area contributed by atoms with E-state index in [1.54, 1.807) is 51.7 Å². The number of aliphatic hydroxyl groups excluding tert-OH is 2. The minimum absolute atomic E-state index is 0.00199. The van der Waals surface area contributed by atoms with Gasteiger partial charge in [0, 0.05) is 94.0 Å². The lowest BCUT2D eigenvalue weighted by molar-refractivity contribution is -0.160. The number of nitrogens with one attached hydrogen (secondary N) is 1. The molecule has 4 aliphatic heterocycles. The summed E-state index contributed by atoms with van der Waals surface area (Å²) < 4.78 is 23.9. The fourth-order valence-corrected chi connectivity index (χ4v) is 8.77. The number of amides is 2. The summed E-state index contributed by atoms with van der Waals surface area (Å²) in [4.78, 5) is 64.8. The van der Waals surface area contributed by atoms with Crippen molar-refractivity contribution in [3.05, 3.63) is 58.0 Å². The fourth-order valence-electron chi connectivity index (χ4n) is 8.77. The number of hydrogen-bond acceptors (Lipinski definition) is 14. The summed E-state index contributed by atoms with van der Waals surface area (Å²) in [7, 11) is 1.45. The number of aromatic hydroxyl groups is 2. The van der Waals surface area contributed by atoms with Gasteiger partial charge in [-0.2, -0.15) is 0 Å². The van der Waals surface area contributed by atoms with E-state index in [0.717, 1.165) is 0 Å². The Bertz CT molecular complexity index is 2330. The first kappa shape index (κ1) is 44.2. The van der Waals surface area contributed by atoms with Crippen LogP contribution < -0.4 is 20.8 Å². The van der Waals surface area contributed by atoms with Crippen LogP contribution in [0.5, 0.6) is 17.2 Å². The number of carbonyl (C=O) groups excluding carboxylic acids is 4. The van der Waals surface area contributed by atoms with E-state index in [0.29, 0.717) is 25.9 Å². The fraction of sp³-hybridized carbons (Fsp3) is 0.545. The lowest BCUT2D eigenvalue weighted by Crippen LogP contribution is -2.46. The molecule has 0 radical (unpaired) electrons. The smallest absolute Gasteiger partial charge is 0.312 e. The first-order chi connectivity index (χ1) is 28.2. The monoisotopic (exact) mass is 832 g/mol. The molecule has 324 valence electrons. The number of rotatable bonds is 2. The summed E-state index contributed by atoms with van der Waals surface area (Å²) in [6.07, 6.45) is 4.36. The summed E-state index contributed by atoms with van der Waals surface area (Å²) in [5.74, 6) is -7.37. The Kier molecular flexibility index (Phi) is 12.3. The van der Waals surface area contributed by atoms with Crippen LogP contribution in [0.1, 0.15) is 84.2 Å². The van der Waals surface area contributed by atoms with Gasteiger partial charge in [0.2, 0.25) is 5.91 Å². The molecular weight excluding hydrogens is 776 g/mol. The van der Waals surface area contributed by atoms with Crippen molar-refractivity contribution >= 4 is 40.0 Å². The van der Waals surface area contributed by atoms with E-state index in [9.17, 15) is 39.6 Å². The molecular formula is C44H56N4O12. The van der Waals surface area contributed by atoms with Crippen LogP contribution >= 0.6 is 0 Å². The number of methoxy groups -OCH3 is 1. The van der Waals surface area contributed by atoms with Crippen LogP contribution in [0.4, 0.5) is 5.69 Å². The molecule has 4 heterocycles. The molecule has 16 heteroatoms. The van der Waals surface area contributed by atoms with Crippen LogP contribution in [0.2, 0.25) is 0 Å². The predicted molar refractivity (Wildman–Crippen MR) is 219 cm³/mol. The number of esters is 1. The number of Topliss-reactive ketones (excluding diaryl/α,β-unsaturated/α-hetero) is 1.